The standard InChI is InChI=1S/C24H29N3O3S2/c1-16-14-31-15-22(16)19-5-8-21(9-6-19)32(28,29)26-23-11-20(7-10-24(23)30-4)27-12-17(2)25-18(3)13-27/h5-11,14-15,17-18,25-26H,12-13H2,1-4H3/t17-,18+. The Labute approximate surface area is 194 Å². The Morgan fingerprint density at radius 2 is 1.75 bits per heavy atom. The third kappa shape index (κ3) is 4.77. The number of hydrogen-bond acceptors (Lipinski definition) is 6. The summed E-state index contributed by atoms with van der Waals surface area (Å²) < 4.78 is 34.4. The molecule has 0 radical (unpaired) electrons. The van der Waals surface area contributed by atoms with Crippen molar-refractivity contribution in [3.8, 4) is 16.9 Å². The molecule has 0 spiro atoms. The average Bonchev–Trinajstić information content (AvgIpc) is 3.18. The normalized spacial score (nSPS) is 19.1. The zero-order valence-corrected chi connectivity index (χ0v) is 20.4. The zero-order valence-electron chi connectivity index (χ0n) is 18.8. The van der Waals surface area contributed by atoms with Crippen LogP contribution in [0.2, 0.25) is 0 Å². The fourth-order valence-corrected chi connectivity index (χ4v) is 6.10. The Hall–Kier alpha value is -2.55. The molecular weight excluding hydrogens is 442 g/mol. The van der Waals surface area contributed by atoms with Crippen molar-refractivity contribution in [2.24, 2.45) is 0 Å². The van der Waals surface area contributed by atoms with Crippen molar-refractivity contribution < 1.29 is 13.2 Å². The summed E-state index contributed by atoms with van der Waals surface area (Å²) >= 11 is 1.64. The summed E-state index contributed by atoms with van der Waals surface area (Å²) in [6.45, 7) is 8.06. The summed E-state index contributed by atoms with van der Waals surface area (Å²) in [7, 11) is -2.23. The van der Waals surface area contributed by atoms with Gasteiger partial charge in [-0.1, -0.05) is 12.1 Å². The van der Waals surface area contributed by atoms with Gasteiger partial charge in [0.25, 0.3) is 10.0 Å². The van der Waals surface area contributed by atoms with E-state index in [4.69, 9.17) is 4.74 Å². The first-order valence-electron chi connectivity index (χ1n) is 10.6. The summed E-state index contributed by atoms with van der Waals surface area (Å²) in [5, 5.41) is 7.68. The van der Waals surface area contributed by atoms with Crippen molar-refractivity contribution in [3.63, 3.8) is 0 Å². The summed E-state index contributed by atoms with van der Waals surface area (Å²) in [6, 6.07) is 13.3. The molecule has 6 nitrogen and oxygen atoms in total. The molecule has 0 unspecified atom stereocenters. The quantitative estimate of drug-likeness (QED) is 0.544. The number of benzene rings is 2. The van der Waals surface area contributed by atoms with E-state index in [1.54, 1.807) is 30.6 Å². The number of nitrogens with zero attached hydrogens (tertiary/aromatic N) is 1. The Balaban J connectivity index is 1.60. The second kappa shape index (κ2) is 9.13. The van der Waals surface area contributed by atoms with Crippen LogP contribution >= 0.6 is 11.3 Å². The molecule has 32 heavy (non-hydrogen) atoms. The second-order valence-electron chi connectivity index (χ2n) is 8.36. The minimum Gasteiger partial charge on any atom is -0.495 e. The van der Waals surface area contributed by atoms with E-state index in [2.05, 4.69) is 46.5 Å². The molecule has 1 aliphatic rings. The lowest BCUT2D eigenvalue weighted by molar-refractivity contribution is 0.406. The van der Waals surface area contributed by atoms with Crippen LogP contribution in [0, 0.1) is 6.92 Å². The lowest BCUT2D eigenvalue weighted by Crippen LogP contribution is -2.54. The van der Waals surface area contributed by atoms with E-state index >= 15 is 0 Å². The molecule has 2 N–H and O–H groups in total. The number of hydrogen-bond donors (Lipinski definition) is 2. The molecule has 1 aromatic heterocycles. The van der Waals surface area contributed by atoms with Crippen LogP contribution in [0.3, 0.4) is 0 Å². The van der Waals surface area contributed by atoms with Gasteiger partial charge < -0.3 is 15.0 Å². The summed E-state index contributed by atoms with van der Waals surface area (Å²) in [5.41, 5.74) is 4.71. The maximum Gasteiger partial charge on any atom is 0.262 e. The average molecular weight is 472 g/mol. The lowest BCUT2D eigenvalue weighted by atomic mass is 10.1. The van der Waals surface area contributed by atoms with E-state index < -0.39 is 10.0 Å². The largest absolute Gasteiger partial charge is 0.495 e. The Morgan fingerprint density at radius 1 is 1.06 bits per heavy atom. The topological polar surface area (TPSA) is 70.7 Å². The first kappa shape index (κ1) is 22.6. The van der Waals surface area contributed by atoms with Crippen LogP contribution in [0.25, 0.3) is 11.1 Å². The number of rotatable bonds is 6. The number of piperazine rings is 1. The molecular formula is C24H29N3O3S2. The summed E-state index contributed by atoms with van der Waals surface area (Å²) in [4.78, 5) is 2.48. The van der Waals surface area contributed by atoms with Crippen LogP contribution in [-0.4, -0.2) is 40.7 Å². The van der Waals surface area contributed by atoms with Gasteiger partial charge in [-0.2, -0.15) is 11.3 Å². The molecule has 2 aromatic carbocycles. The van der Waals surface area contributed by atoms with E-state index in [9.17, 15) is 8.42 Å². The van der Waals surface area contributed by atoms with Gasteiger partial charge >= 0.3 is 0 Å². The number of thiophene rings is 1. The van der Waals surface area contributed by atoms with Crippen LogP contribution in [-0.2, 0) is 10.0 Å². The molecule has 0 saturated carbocycles. The van der Waals surface area contributed by atoms with Crippen molar-refractivity contribution in [1.29, 1.82) is 0 Å². The van der Waals surface area contributed by atoms with Gasteiger partial charge in [0.2, 0.25) is 0 Å². The van der Waals surface area contributed by atoms with E-state index in [1.807, 2.05) is 30.3 Å². The zero-order chi connectivity index (χ0) is 22.9. The van der Waals surface area contributed by atoms with E-state index in [0.29, 0.717) is 23.5 Å². The highest BCUT2D eigenvalue weighted by molar-refractivity contribution is 7.92. The Kier molecular flexibility index (Phi) is 6.46. The predicted octanol–water partition coefficient (Wildman–Crippen LogP) is 4.72. The van der Waals surface area contributed by atoms with Crippen molar-refractivity contribution in [2.75, 3.05) is 29.8 Å². The third-order valence-corrected chi connectivity index (χ3v) is 7.92. The van der Waals surface area contributed by atoms with Crippen LogP contribution in [0.5, 0.6) is 5.75 Å². The molecule has 1 saturated heterocycles. The predicted molar refractivity (Wildman–Crippen MR) is 133 cm³/mol. The first-order valence-corrected chi connectivity index (χ1v) is 13.0. The molecule has 1 fully saturated rings. The highest BCUT2D eigenvalue weighted by Crippen LogP contribution is 2.33. The van der Waals surface area contributed by atoms with Gasteiger partial charge in [0, 0.05) is 30.9 Å². The fourth-order valence-electron chi connectivity index (χ4n) is 4.18. The van der Waals surface area contributed by atoms with Gasteiger partial charge in [-0.05, 0) is 78.6 Å². The third-order valence-electron chi connectivity index (χ3n) is 5.68. The monoisotopic (exact) mass is 471 g/mol. The smallest absolute Gasteiger partial charge is 0.262 e. The number of methoxy groups -OCH3 is 1. The molecule has 0 aliphatic carbocycles. The van der Waals surface area contributed by atoms with E-state index in [-0.39, 0.29) is 4.90 Å². The Bertz CT molecular complexity index is 1180. The Morgan fingerprint density at radius 3 is 2.34 bits per heavy atom. The molecule has 2 atom stereocenters. The number of anilines is 2. The molecule has 0 amide bonds. The van der Waals surface area contributed by atoms with Crippen molar-refractivity contribution >= 4 is 32.7 Å². The highest BCUT2D eigenvalue weighted by atomic mass is 32.2. The van der Waals surface area contributed by atoms with Crippen molar-refractivity contribution in [1.82, 2.24) is 5.32 Å². The van der Waals surface area contributed by atoms with Crippen LogP contribution < -0.4 is 19.7 Å². The maximum absolute atomic E-state index is 13.1. The fraction of sp³-hybridized carbons (Fsp3) is 0.333. The minimum absolute atomic E-state index is 0.214. The van der Waals surface area contributed by atoms with Gasteiger partial charge in [0.15, 0.2) is 0 Å². The van der Waals surface area contributed by atoms with Crippen molar-refractivity contribution in [2.45, 2.75) is 37.8 Å². The minimum atomic E-state index is -3.77. The first-order chi connectivity index (χ1) is 15.3. The molecule has 0 bridgehead atoms. The van der Waals surface area contributed by atoms with E-state index in [0.717, 1.165) is 29.9 Å². The van der Waals surface area contributed by atoms with E-state index in [1.165, 1.54) is 5.56 Å². The van der Waals surface area contributed by atoms with Gasteiger partial charge in [-0.3, -0.25) is 4.72 Å². The molecule has 3 aromatic rings. The number of nitrogens with one attached hydrogen (secondary N) is 2. The molecule has 1 aliphatic heterocycles. The molecule has 8 heteroatoms. The number of ether oxygens (including phenoxy) is 1. The highest BCUT2D eigenvalue weighted by Gasteiger charge is 2.23. The summed E-state index contributed by atoms with van der Waals surface area (Å²) in [5.74, 6) is 0.485. The van der Waals surface area contributed by atoms with Gasteiger partial charge in [0.05, 0.1) is 17.7 Å². The van der Waals surface area contributed by atoms with Gasteiger partial charge in [-0.25, -0.2) is 8.42 Å². The molecule has 170 valence electrons. The SMILES string of the molecule is COc1ccc(N2C[C@@H](C)N[C@@H](C)C2)cc1NS(=O)(=O)c1ccc(-c2cscc2C)cc1. The molecule has 4 rings (SSSR count). The summed E-state index contributed by atoms with van der Waals surface area (Å²) in [6.07, 6.45) is 0. The maximum atomic E-state index is 13.1. The second-order valence-corrected chi connectivity index (χ2v) is 10.8. The van der Waals surface area contributed by atoms with Crippen LogP contribution in [0.1, 0.15) is 19.4 Å². The number of aryl methyl sites for hydroxylation is 1. The van der Waals surface area contributed by atoms with Crippen molar-refractivity contribution in [3.05, 3.63) is 58.8 Å². The van der Waals surface area contributed by atoms with Gasteiger partial charge in [0.1, 0.15) is 5.75 Å². The van der Waals surface area contributed by atoms with Crippen LogP contribution in [0.4, 0.5) is 11.4 Å². The lowest BCUT2D eigenvalue weighted by Gasteiger charge is -2.38. The van der Waals surface area contributed by atoms with Crippen LogP contribution in [0.15, 0.2) is 58.1 Å². The molecule has 2 heterocycles. The number of sulfonamides is 1. The van der Waals surface area contributed by atoms with Gasteiger partial charge in [-0.15, -0.1) is 0 Å².